The average molecular weight is 451 g/mol. The second kappa shape index (κ2) is 8.84. The van der Waals surface area contributed by atoms with Gasteiger partial charge in [-0.3, -0.25) is 9.59 Å². The Morgan fingerprint density at radius 3 is 2.19 bits per heavy atom. The van der Waals surface area contributed by atoms with Crippen molar-refractivity contribution in [1.82, 2.24) is 5.32 Å². The average Bonchev–Trinajstić information content (AvgIpc) is 3.14. The van der Waals surface area contributed by atoms with Crippen molar-refractivity contribution in [3.05, 3.63) is 84.4 Å². The molecule has 32 heavy (non-hydrogen) atoms. The first kappa shape index (κ1) is 21.6. The largest absolute Gasteiger partial charge is 0.457 e. The molecule has 164 valence electrons. The van der Waals surface area contributed by atoms with E-state index >= 15 is 0 Å². The Hall–Kier alpha value is -3.65. The Kier molecular flexibility index (Phi) is 5.96. The zero-order valence-corrected chi connectivity index (χ0v) is 18.2. The molecule has 1 atom stereocenters. The van der Waals surface area contributed by atoms with Gasteiger partial charge in [-0.2, -0.15) is 0 Å². The Bertz CT molecular complexity index is 1220. The maximum absolute atomic E-state index is 12.5. The fraction of sp³-hybridized carbons (Fsp3) is 0.167. The predicted molar refractivity (Wildman–Crippen MR) is 121 cm³/mol. The zero-order chi connectivity index (χ0) is 22.7. The molecule has 8 heteroatoms. The molecule has 3 aromatic rings. The van der Waals surface area contributed by atoms with E-state index in [9.17, 15) is 18.0 Å². The van der Waals surface area contributed by atoms with Crippen LogP contribution in [0.25, 0.3) is 0 Å². The van der Waals surface area contributed by atoms with Gasteiger partial charge in [0.1, 0.15) is 11.5 Å². The molecule has 4 rings (SSSR count). The lowest BCUT2D eigenvalue weighted by atomic mass is 10.2. The molecule has 2 amide bonds. The van der Waals surface area contributed by atoms with Crippen molar-refractivity contribution in [3.63, 3.8) is 0 Å². The normalized spacial score (nSPS) is 16.1. The topological polar surface area (TPSA) is 92.8 Å². The lowest BCUT2D eigenvalue weighted by Gasteiger charge is -2.18. The molecule has 0 radical (unpaired) electrons. The number of rotatable bonds is 6. The van der Waals surface area contributed by atoms with Gasteiger partial charge in [-0.05, 0) is 60.7 Å². The van der Waals surface area contributed by atoms with Gasteiger partial charge in [0.2, 0.25) is 5.91 Å². The highest BCUT2D eigenvalue weighted by Crippen LogP contribution is 2.27. The van der Waals surface area contributed by atoms with Crippen LogP contribution in [-0.4, -0.2) is 39.1 Å². The summed E-state index contributed by atoms with van der Waals surface area (Å²) in [6, 6.07) is 22.0. The minimum Gasteiger partial charge on any atom is -0.457 e. The van der Waals surface area contributed by atoms with Crippen molar-refractivity contribution in [2.45, 2.75) is 17.4 Å². The van der Waals surface area contributed by atoms with E-state index in [4.69, 9.17) is 4.74 Å². The first-order valence-corrected chi connectivity index (χ1v) is 11.9. The van der Waals surface area contributed by atoms with Gasteiger partial charge in [-0.15, -0.1) is 0 Å². The first-order valence-electron chi connectivity index (χ1n) is 10.0. The van der Waals surface area contributed by atoms with Crippen molar-refractivity contribution in [3.8, 4) is 11.5 Å². The molecule has 0 saturated carbocycles. The van der Waals surface area contributed by atoms with Crippen LogP contribution in [0.5, 0.6) is 11.5 Å². The molecule has 1 unspecified atom stereocenters. The summed E-state index contributed by atoms with van der Waals surface area (Å²) in [6.07, 6.45) is 1.30. The Labute approximate surface area is 186 Å². The smallest absolute Gasteiger partial charge is 0.251 e. The molecule has 0 aromatic heterocycles. The highest BCUT2D eigenvalue weighted by atomic mass is 32.2. The number of anilines is 1. The number of sulfone groups is 1. The van der Waals surface area contributed by atoms with Gasteiger partial charge in [0, 0.05) is 30.5 Å². The highest BCUT2D eigenvalue weighted by molar-refractivity contribution is 7.90. The summed E-state index contributed by atoms with van der Waals surface area (Å²) in [5.74, 6) is 0.953. The number of carbonyl (C=O) groups is 2. The monoisotopic (exact) mass is 450 g/mol. The summed E-state index contributed by atoms with van der Waals surface area (Å²) in [5, 5.41) is 2.85. The molecule has 1 aliphatic heterocycles. The minimum absolute atomic E-state index is 0.0838. The van der Waals surface area contributed by atoms with E-state index in [0.29, 0.717) is 17.9 Å². The molecular weight excluding hydrogens is 428 g/mol. The fourth-order valence-corrected chi connectivity index (χ4v) is 4.13. The summed E-state index contributed by atoms with van der Waals surface area (Å²) >= 11 is 0. The lowest BCUT2D eigenvalue weighted by Crippen LogP contribution is -2.37. The van der Waals surface area contributed by atoms with Gasteiger partial charge in [0.25, 0.3) is 5.91 Å². The molecule has 1 aliphatic rings. The minimum atomic E-state index is -3.33. The fourth-order valence-electron chi connectivity index (χ4n) is 3.49. The number of hydrogen-bond acceptors (Lipinski definition) is 5. The molecule has 1 fully saturated rings. The molecular formula is C24H22N2O5S. The SMILES string of the molecule is CS(=O)(=O)c1ccc(C(=O)NC2CC(=O)N(c3ccc(Oc4ccccc4)cc3)C2)cc1. The number of ether oxygens (including phenoxy) is 1. The van der Waals surface area contributed by atoms with Crippen LogP contribution in [0.3, 0.4) is 0 Å². The summed E-state index contributed by atoms with van der Waals surface area (Å²) in [6.45, 7) is 0.352. The lowest BCUT2D eigenvalue weighted by molar-refractivity contribution is -0.117. The quantitative estimate of drug-likeness (QED) is 0.621. The van der Waals surface area contributed by atoms with E-state index in [0.717, 1.165) is 17.7 Å². The van der Waals surface area contributed by atoms with Gasteiger partial charge < -0.3 is 15.0 Å². The van der Waals surface area contributed by atoms with E-state index in [1.54, 1.807) is 17.0 Å². The van der Waals surface area contributed by atoms with Crippen molar-refractivity contribution in [2.75, 3.05) is 17.7 Å². The van der Waals surface area contributed by atoms with Crippen LogP contribution in [0, 0.1) is 0 Å². The van der Waals surface area contributed by atoms with Crippen molar-refractivity contribution in [2.24, 2.45) is 0 Å². The third-order valence-electron chi connectivity index (χ3n) is 5.13. The van der Waals surface area contributed by atoms with E-state index < -0.39 is 9.84 Å². The van der Waals surface area contributed by atoms with Gasteiger partial charge >= 0.3 is 0 Å². The standard InChI is InChI=1S/C24H22N2O5S/c1-32(29,30)22-13-7-17(8-14-22)24(28)25-18-15-23(27)26(16-18)19-9-11-21(12-10-19)31-20-5-3-2-4-6-20/h2-14,18H,15-16H2,1H3,(H,25,28). The van der Waals surface area contributed by atoms with Gasteiger partial charge in [0.15, 0.2) is 9.84 Å². The Balaban J connectivity index is 1.38. The number of benzene rings is 3. The molecule has 1 N–H and O–H groups in total. The van der Waals surface area contributed by atoms with Crippen molar-refractivity contribution < 1.29 is 22.7 Å². The van der Waals surface area contributed by atoms with Crippen LogP contribution >= 0.6 is 0 Å². The van der Waals surface area contributed by atoms with Crippen LogP contribution in [0.1, 0.15) is 16.8 Å². The van der Waals surface area contributed by atoms with E-state index in [1.165, 1.54) is 24.3 Å². The molecule has 1 heterocycles. The first-order chi connectivity index (χ1) is 15.3. The second-order valence-electron chi connectivity index (χ2n) is 7.58. The van der Waals surface area contributed by atoms with Gasteiger partial charge in [-0.1, -0.05) is 18.2 Å². The third-order valence-corrected chi connectivity index (χ3v) is 6.26. The van der Waals surface area contributed by atoms with E-state index in [1.807, 2.05) is 42.5 Å². The molecule has 0 bridgehead atoms. The predicted octanol–water partition coefficient (Wildman–Crippen LogP) is 3.42. The molecule has 0 spiro atoms. The van der Waals surface area contributed by atoms with Crippen molar-refractivity contribution >= 4 is 27.3 Å². The maximum atomic E-state index is 12.5. The molecule has 1 saturated heterocycles. The number of amides is 2. The Morgan fingerprint density at radius 2 is 1.56 bits per heavy atom. The summed E-state index contributed by atoms with van der Waals surface area (Å²) in [7, 11) is -3.33. The maximum Gasteiger partial charge on any atom is 0.251 e. The summed E-state index contributed by atoms with van der Waals surface area (Å²) in [5.41, 5.74) is 1.07. The van der Waals surface area contributed by atoms with Crippen LogP contribution < -0.4 is 15.0 Å². The molecule has 0 aliphatic carbocycles. The number of nitrogens with one attached hydrogen (secondary N) is 1. The van der Waals surface area contributed by atoms with Crippen LogP contribution in [0.15, 0.2) is 83.8 Å². The zero-order valence-electron chi connectivity index (χ0n) is 17.4. The van der Waals surface area contributed by atoms with E-state index in [2.05, 4.69) is 5.32 Å². The molecule has 3 aromatic carbocycles. The van der Waals surface area contributed by atoms with E-state index in [-0.39, 0.29) is 29.2 Å². The van der Waals surface area contributed by atoms with Crippen LogP contribution in [0.4, 0.5) is 5.69 Å². The number of para-hydroxylation sites is 1. The second-order valence-corrected chi connectivity index (χ2v) is 9.60. The number of carbonyl (C=O) groups excluding carboxylic acids is 2. The van der Waals surface area contributed by atoms with Gasteiger partial charge in [0.05, 0.1) is 10.9 Å². The third kappa shape index (κ3) is 4.97. The Morgan fingerprint density at radius 1 is 0.938 bits per heavy atom. The van der Waals surface area contributed by atoms with Crippen LogP contribution in [0.2, 0.25) is 0 Å². The van der Waals surface area contributed by atoms with Gasteiger partial charge in [-0.25, -0.2) is 8.42 Å². The summed E-state index contributed by atoms with van der Waals surface area (Å²) in [4.78, 5) is 26.8. The van der Waals surface area contributed by atoms with Crippen LogP contribution in [-0.2, 0) is 14.6 Å². The number of nitrogens with zero attached hydrogens (tertiary/aromatic N) is 1. The van der Waals surface area contributed by atoms with Crippen molar-refractivity contribution in [1.29, 1.82) is 0 Å². The molecule has 7 nitrogen and oxygen atoms in total. The summed E-state index contributed by atoms with van der Waals surface area (Å²) < 4.78 is 28.9. The highest BCUT2D eigenvalue weighted by Gasteiger charge is 2.31. The number of hydrogen-bond donors (Lipinski definition) is 1.